The van der Waals surface area contributed by atoms with Crippen LogP contribution in [0, 0.1) is 11.6 Å². The fourth-order valence-electron chi connectivity index (χ4n) is 4.46. The number of ether oxygens (including phenoxy) is 1. The molecule has 0 radical (unpaired) electrons. The molecule has 40 heavy (non-hydrogen) atoms. The third-order valence-electron chi connectivity index (χ3n) is 6.49. The number of halogens is 2. The molecule has 0 unspecified atom stereocenters. The molecule has 1 atom stereocenters. The minimum Gasteiger partial charge on any atom is -0.494 e. The Morgan fingerprint density at radius 1 is 1.15 bits per heavy atom. The molecule has 0 bridgehead atoms. The van der Waals surface area contributed by atoms with Crippen LogP contribution in [0.1, 0.15) is 18.0 Å². The van der Waals surface area contributed by atoms with Gasteiger partial charge in [0.1, 0.15) is 23.2 Å². The molecule has 4 rings (SSSR count). The molecule has 11 heteroatoms. The van der Waals surface area contributed by atoms with Gasteiger partial charge in [0.05, 0.1) is 42.5 Å². The zero-order valence-electron chi connectivity index (χ0n) is 23.1. The SMILES string of the molecule is C=CC(=O)Nc1cc(Nc2cc(N3OCC[C@@H]3c3cc(F)cc(F)c3)ccn2)c(OC)cc1N(C)CCN(C)C. The Bertz CT molecular complexity index is 1350. The van der Waals surface area contributed by atoms with Gasteiger partial charge in [-0.2, -0.15) is 0 Å². The van der Waals surface area contributed by atoms with Crippen molar-refractivity contribution in [3.8, 4) is 5.75 Å². The third-order valence-corrected chi connectivity index (χ3v) is 6.49. The third kappa shape index (κ3) is 6.85. The maximum atomic E-state index is 13.9. The van der Waals surface area contributed by atoms with Gasteiger partial charge in [-0.1, -0.05) is 6.58 Å². The standard InChI is InChI=1S/C29H34F2N6O3/c1-6-29(38)34-23-17-24(27(39-5)18-26(23)36(4)11-10-35(2)3)33-28-16-22(7-9-32-28)37-25(8-12-40-37)19-13-20(30)15-21(31)14-19/h6-7,9,13-18,25H,1,8,10-12H2,2-5H3,(H,32,33)(H,34,38)/t25-/m1/s1. The number of carbonyl (C=O) groups is 1. The summed E-state index contributed by atoms with van der Waals surface area (Å²) in [6.07, 6.45) is 3.39. The van der Waals surface area contributed by atoms with Crippen LogP contribution in [0.25, 0.3) is 0 Å². The molecule has 0 spiro atoms. The summed E-state index contributed by atoms with van der Waals surface area (Å²) < 4.78 is 33.5. The smallest absolute Gasteiger partial charge is 0.247 e. The lowest BCUT2D eigenvalue weighted by Crippen LogP contribution is -2.29. The van der Waals surface area contributed by atoms with Crippen molar-refractivity contribution in [1.29, 1.82) is 0 Å². The lowest BCUT2D eigenvalue weighted by molar-refractivity contribution is -0.111. The number of benzene rings is 2. The maximum Gasteiger partial charge on any atom is 0.247 e. The van der Waals surface area contributed by atoms with Gasteiger partial charge < -0.3 is 25.2 Å². The lowest BCUT2D eigenvalue weighted by Gasteiger charge is -2.26. The van der Waals surface area contributed by atoms with Crippen LogP contribution in [0.2, 0.25) is 0 Å². The first kappa shape index (κ1) is 28.8. The Hall–Kier alpha value is -4.22. The van der Waals surface area contributed by atoms with Crippen LogP contribution in [0.15, 0.2) is 61.3 Å². The number of hydrogen-bond acceptors (Lipinski definition) is 8. The van der Waals surface area contributed by atoms with Crippen LogP contribution in [0.5, 0.6) is 5.75 Å². The molecule has 3 aromatic rings. The zero-order valence-corrected chi connectivity index (χ0v) is 23.1. The van der Waals surface area contributed by atoms with E-state index in [2.05, 4.69) is 27.1 Å². The first-order valence-electron chi connectivity index (χ1n) is 12.8. The fraction of sp³-hybridized carbons (Fsp3) is 0.310. The van der Waals surface area contributed by atoms with Crippen LogP contribution in [0.3, 0.4) is 0 Å². The molecule has 2 N–H and O–H groups in total. The molecular formula is C29H34F2N6O3. The molecule has 1 aliphatic rings. The monoisotopic (exact) mass is 552 g/mol. The second-order valence-corrected chi connectivity index (χ2v) is 9.68. The van der Waals surface area contributed by atoms with E-state index in [0.717, 1.165) is 24.8 Å². The molecule has 1 amide bonds. The number of hydroxylamine groups is 1. The Morgan fingerprint density at radius 2 is 1.90 bits per heavy atom. The summed E-state index contributed by atoms with van der Waals surface area (Å²) in [6, 6.07) is 10.3. The summed E-state index contributed by atoms with van der Waals surface area (Å²) in [5.74, 6) is -0.599. The number of nitrogens with one attached hydrogen (secondary N) is 2. The summed E-state index contributed by atoms with van der Waals surface area (Å²) in [5.41, 5.74) is 3.06. The van der Waals surface area contributed by atoms with Crippen molar-refractivity contribution < 1.29 is 23.1 Å². The van der Waals surface area contributed by atoms with E-state index >= 15 is 0 Å². The number of methoxy groups -OCH3 is 1. The van der Waals surface area contributed by atoms with Crippen LogP contribution in [-0.2, 0) is 9.63 Å². The number of amides is 1. The number of pyridine rings is 1. The van der Waals surface area contributed by atoms with Crippen molar-refractivity contribution in [2.24, 2.45) is 0 Å². The molecule has 212 valence electrons. The van der Waals surface area contributed by atoms with Gasteiger partial charge in [-0.15, -0.1) is 0 Å². The molecule has 2 aromatic carbocycles. The van der Waals surface area contributed by atoms with Gasteiger partial charge in [-0.25, -0.2) is 18.8 Å². The number of likely N-dealkylation sites (N-methyl/N-ethyl adjacent to an activating group) is 2. The van der Waals surface area contributed by atoms with E-state index in [1.165, 1.54) is 18.2 Å². The molecular weight excluding hydrogens is 518 g/mol. The molecule has 2 heterocycles. The lowest BCUT2D eigenvalue weighted by atomic mass is 10.0. The molecule has 1 aliphatic heterocycles. The van der Waals surface area contributed by atoms with E-state index in [1.807, 2.05) is 32.1 Å². The van der Waals surface area contributed by atoms with Crippen molar-refractivity contribution in [2.45, 2.75) is 12.5 Å². The second-order valence-electron chi connectivity index (χ2n) is 9.68. The van der Waals surface area contributed by atoms with Gasteiger partial charge in [0.25, 0.3) is 0 Å². The van der Waals surface area contributed by atoms with Crippen LogP contribution in [0.4, 0.5) is 37.3 Å². The zero-order chi connectivity index (χ0) is 28.8. The fourth-order valence-corrected chi connectivity index (χ4v) is 4.46. The molecule has 1 fully saturated rings. The largest absolute Gasteiger partial charge is 0.494 e. The summed E-state index contributed by atoms with van der Waals surface area (Å²) >= 11 is 0. The van der Waals surface area contributed by atoms with E-state index in [-0.39, 0.29) is 11.9 Å². The number of aromatic nitrogens is 1. The van der Waals surface area contributed by atoms with E-state index in [1.54, 1.807) is 36.6 Å². The summed E-state index contributed by atoms with van der Waals surface area (Å²) in [7, 11) is 7.50. The average Bonchev–Trinajstić information content (AvgIpc) is 3.42. The molecule has 1 saturated heterocycles. The van der Waals surface area contributed by atoms with Crippen LogP contribution >= 0.6 is 0 Å². The van der Waals surface area contributed by atoms with Gasteiger partial charge in [0.2, 0.25) is 5.91 Å². The van der Waals surface area contributed by atoms with E-state index < -0.39 is 11.6 Å². The van der Waals surface area contributed by atoms with Gasteiger partial charge >= 0.3 is 0 Å². The van der Waals surface area contributed by atoms with Crippen molar-refractivity contribution in [2.75, 3.05) is 68.5 Å². The summed E-state index contributed by atoms with van der Waals surface area (Å²) in [4.78, 5) is 26.6. The van der Waals surface area contributed by atoms with Crippen molar-refractivity contribution in [3.63, 3.8) is 0 Å². The highest BCUT2D eigenvalue weighted by Gasteiger charge is 2.29. The van der Waals surface area contributed by atoms with Gasteiger partial charge in [0.15, 0.2) is 0 Å². The number of anilines is 5. The Balaban J connectivity index is 1.64. The minimum atomic E-state index is -0.638. The molecule has 0 saturated carbocycles. The molecule has 9 nitrogen and oxygen atoms in total. The van der Waals surface area contributed by atoms with Crippen molar-refractivity contribution in [1.82, 2.24) is 9.88 Å². The summed E-state index contributed by atoms with van der Waals surface area (Å²) in [6.45, 7) is 5.49. The average molecular weight is 553 g/mol. The Morgan fingerprint density at radius 3 is 2.58 bits per heavy atom. The highest BCUT2D eigenvalue weighted by molar-refractivity contribution is 6.02. The van der Waals surface area contributed by atoms with Gasteiger partial charge in [0, 0.05) is 51.0 Å². The maximum absolute atomic E-state index is 13.9. The second kappa shape index (κ2) is 12.8. The Labute approximate surface area is 233 Å². The van der Waals surface area contributed by atoms with E-state index in [4.69, 9.17) is 9.57 Å². The van der Waals surface area contributed by atoms with Crippen molar-refractivity contribution >= 4 is 34.5 Å². The quantitative estimate of drug-likeness (QED) is 0.318. The number of hydrogen-bond donors (Lipinski definition) is 2. The number of nitrogens with zero attached hydrogens (tertiary/aromatic N) is 4. The predicted molar refractivity (Wildman–Crippen MR) is 153 cm³/mol. The van der Waals surface area contributed by atoms with E-state index in [9.17, 15) is 13.6 Å². The van der Waals surface area contributed by atoms with Crippen molar-refractivity contribution in [3.05, 3.63) is 78.5 Å². The van der Waals surface area contributed by atoms with E-state index in [0.29, 0.717) is 47.2 Å². The Kier molecular flexibility index (Phi) is 9.18. The first-order valence-corrected chi connectivity index (χ1v) is 12.8. The minimum absolute atomic E-state index is 0.343. The molecule has 1 aromatic heterocycles. The van der Waals surface area contributed by atoms with Gasteiger partial charge in [-0.3, -0.25) is 9.63 Å². The highest BCUT2D eigenvalue weighted by Crippen LogP contribution is 2.40. The topological polar surface area (TPSA) is 82.2 Å². The number of rotatable bonds is 11. The summed E-state index contributed by atoms with van der Waals surface area (Å²) in [5, 5.41) is 7.78. The van der Waals surface area contributed by atoms with Crippen LogP contribution < -0.4 is 25.3 Å². The highest BCUT2D eigenvalue weighted by atomic mass is 19.1. The predicted octanol–water partition coefficient (Wildman–Crippen LogP) is 5.12. The molecule has 0 aliphatic carbocycles. The van der Waals surface area contributed by atoms with Crippen LogP contribution in [-0.4, -0.2) is 63.7 Å². The number of carbonyl (C=O) groups excluding carboxylic acids is 1. The first-order chi connectivity index (χ1) is 19.2. The van der Waals surface area contributed by atoms with Gasteiger partial charge in [-0.05, 0) is 50.0 Å². The normalized spacial score (nSPS) is 14.8.